The van der Waals surface area contributed by atoms with Crippen LogP contribution in [0.3, 0.4) is 0 Å². The fourth-order valence-electron chi connectivity index (χ4n) is 1.98. The molecule has 0 amide bonds. The maximum Gasteiger partial charge on any atom is 0.138 e. The van der Waals surface area contributed by atoms with Crippen molar-refractivity contribution in [2.75, 3.05) is 31.7 Å². The van der Waals surface area contributed by atoms with E-state index >= 15 is 0 Å². The van der Waals surface area contributed by atoms with Crippen molar-refractivity contribution < 1.29 is 4.74 Å². The Kier molecular flexibility index (Phi) is 4.70. The summed E-state index contributed by atoms with van der Waals surface area (Å²) >= 11 is 4.96. The average molecular weight is 278 g/mol. The number of nitrogens with two attached hydrogens (primary N) is 1. The second-order valence-corrected chi connectivity index (χ2v) is 4.76. The largest absolute Gasteiger partial charge is 0.393 e. The molecule has 0 atom stereocenters. The smallest absolute Gasteiger partial charge is 0.138 e. The second kappa shape index (κ2) is 6.49. The zero-order valence-corrected chi connectivity index (χ0v) is 11.8. The first-order valence-electron chi connectivity index (χ1n) is 6.16. The molecule has 0 radical (unpaired) electrons. The van der Waals surface area contributed by atoms with E-state index in [1.807, 2.05) is 18.3 Å². The molecule has 0 saturated carbocycles. The number of nitrogens with zero attached hydrogens (tertiary/aromatic N) is 3. The van der Waals surface area contributed by atoms with Crippen molar-refractivity contribution in [3.05, 3.63) is 30.6 Å². The van der Waals surface area contributed by atoms with Gasteiger partial charge in [-0.2, -0.15) is 0 Å². The van der Waals surface area contributed by atoms with E-state index in [-0.39, 0.29) is 0 Å². The third-order valence-corrected chi connectivity index (χ3v) is 3.13. The SMILES string of the molecule is COCCN(CCC(N)=S)c1cccc2nccn12. The summed E-state index contributed by atoms with van der Waals surface area (Å²) in [5, 5.41) is 0. The fraction of sp³-hybridized carbons (Fsp3) is 0.385. The van der Waals surface area contributed by atoms with E-state index in [4.69, 9.17) is 22.7 Å². The van der Waals surface area contributed by atoms with Gasteiger partial charge in [0.25, 0.3) is 0 Å². The lowest BCUT2D eigenvalue weighted by molar-refractivity contribution is 0.205. The normalized spacial score (nSPS) is 10.8. The number of ether oxygens (including phenoxy) is 1. The molecular formula is C13H18N4OS. The van der Waals surface area contributed by atoms with Crippen LogP contribution in [0.25, 0.3) is 5.65 Å². The van der Waals surface area contributed by atoms with Gasteiger partial charge in [0.05, 0.1) is 11.6 Å². The van der Waals surface area contributed by atoms with E-state index in [1.165, 1.54) is 0 Å². The predicted octanol–water partition coefficient (Wildman–Crippen LogP) is 1.46. The van der Waals surface area contributed by atoms with Crippen LogP contribution in [0.5, 0.6) is 0 Å². The monoisotopic (exact) mass is 278 g/mol. The summed E-state index contributed by atoms with van der Waals surface area (Å²) in [5.41, 5.74) is 6.52. The van der Waals surface area contributed by atoms with Crippen molar-refractivity contribution >= 4 is 28.7 Å². The van der Waals surface area contributed by atoms with Gasteiger partial charge in [-0.15, -0.1) is 0 Å². The predicted molar refractivity (Wildman–Crippen MR) is 80.7 cm³/mol. The Balaban J connectivity index is 2.25. The van der Waals surface area contributed by atoms with Gasteiger partial charge in [-0.05, 0) is 12.1 Å². The number of methoxy groups -OCH3 is 1. The fourth-order valence-corrected chi connectivity index (χ4v) is 2.07. The number of thiocarbonyl (C=S) groups is 1. The van der Waals surface area contributed by atoms with Crippen LogP contribution in [-0.2, 0) is 4.74 Å². The highest BCUT2D eigenvalue weighted by atomic mass is 32.1. The van der Waals surface area contributed by atoms with E-state index in [2.05, 4.69) is 20.4 Å². The Morgan fingerprint density at radius 2 is 2.32 bits per heavy atom. The summed E-state index contributed by atoms with van der Waals surface area (Å²) in [6.07, 6.45) is 4.43. The maximum atomic E-state index is 5.59. The van der Waals surface area contributed by atoms with Crippen LogP contribution in [0.1, 0.15) is 6.42 Å². The van der Waals surface area contributed by atoms with Gasteiger partial charge in [0.15, 0.2) is 0 Å². The number of rotatable bonds is 7. The van der Waals surface area contributed by atoms with Gasteiger partial charge < -0.3 is 15.4 Å². The minimum absolute atomic E-state index is 0.528. The molecule has 102 valence electrons. The Bertz CT molecular complexity index is 554. The molecule has 5 nitrogen and oxygen atoms in total. The molecular weight excluding hydrogens is 260 g/mol. The van der Waals surface area contributed by atoms with E-state index in [0.717, 1.165) is 24.6 Å². The Morgan fingerprint density at radius 1 is 1.47 bits per heavy atom. The highest BCUT2D eigenvalue weighted by Crippen LogP contribution is 2.16. The third kappa shape index (κ3) is 3.42. The van der Waals surface area contributed by atoms with Gasteiger partial charge >= 0.3 is 0 Å². The van der Waals surface area contributed by atoms with Gasteiger partial charge in [0.2, 0.25) is 0 Å². The van der Waals surface area contributed by atoms with E-state index in [0.29, 0.717) is 18.0 Å². The van der Waals surface area contributed by atoms with Gasteiger partial charge in [-0.25, -0.2) is 4.98 Å². The van der Waals surface area contributed by atoms with E-state index < -0.39 is 0 Å². The maximum absolute atomic E-state index is 5.59. The zero-order chi connectivity index (χ0) is 13.7. The summed E-state index contributed by atoms with van der Waals surface area (Å²) < 4.78 is 7.21. The summed E-state index contributed by atoms with van der Waals surface area (Å²) in [6, 6.07) is 6.04. The van der Waals surface area contributed by atoms with Crippen LogP contribution < -0.4 is 10.6 Å². The third-order valence-electron chi connectivity index (χ3n) is 2.92. The molecule has 2 aromatic heterocycles. The lowest BCUT2D eigenvalue weighted by Gasteiger charge is -2.25. The van der Waals surface area contributed by atoms with Crippen molar-refractivity contribution in [3.63, 3.8) is 0 Å². The van der Waals surface area contributed by atoms with Crippen LogP contribution in [0.15, 0.2) is 30.6 Å². The number of hydrogen-bond donors (Lipinski definition) is 1. The molecule has 0 saturated heterocycles. The van der Waals surface area contributed by atoms with Crippen molar-refractivity contribution in [2.45, 2.75) is 6.42 Å². The number of pyridine rings is 1. The first-order valence-corrected chi connectivity index (χ1v) is 6.57. The topological polar surface area (TPSA) is 55.8 Å². The van der Waals surface area contributed by atoms with Crippen LogP contribution in [-0.4, -0.2) is 41.2 Å². The van der Waals surface area contributed by atoms with Gasteiger partial charge in [0.1, 0.15) is 11.5 Å². The zero-order valence-electron chi connectivity index (χ0n) is 11.0. The summed E-state index contributed by atoms with van der Waals surface area (Å²) in [7, 11) is 1.70. The van der Waals surface area contributed by atoms with Crippen molar-refractivity contribution in [2.24, 2.45) is 5.73 Å². The molecule has 0 unspecified atom stereocenters. The Labute approximate surface area is 118 Å². The Morgan fingerprint density at radius 3 is 3.05 bits per heavy atom. The molecule has 2 aromatic rings. The van der Waals surface area contributed by atoms with Crippen LogP contribution in [0.2, 0.25) is 0 Å². The lowest BCUT2D eigenvalue weighted by atomic mass is 10.3. The highest BCUT2D eigenvalue weighted by Gasteiger charge is 2.10. The molecule has 6 heteroatoms. The van der Waals surface area contributed by atoms with Crippen molar-refractivity contribution in [3.8, 4) is 0 Å². The number of anilines is 1. The molecule has 0 spiro atoms. The number of aromatic nitrogens is 2. The van der Waals surface area contributed by atoms with Gasteiger partial charge in [0, 0.05) is 39.0 Å². The van der Waals surface area contributed by atoms with E-state index in [1.54, 1.807) is 13.3 Å². The van der Waals surface area contributed by atoms with Crippen molar-refractivity contribution in [1.29, 1.82) is 0 Å². The molecule has 0 aliphatic heterocycles. The Hall–Kier alpha value is -1.66. The minimum Gasteiger partial charge on any atom is -0.393 e. The molecule has 0 aliphatic rings. The summed E-state index contributed by atoms with van der Waals surface area (Å²) in [4.78, 5) is 7.03. The molecule has 0 bridgehead atoms. The molecule has 2 rings (SSSR count). The van der Waals surface area contributed by atoms with Gasteiger partial charge in [-0.3, -0.25) is 4.40 Å². The summed E-state index contributed by atoms with van der Waals surface area (Å²) in [5.74, 6) is 1.07. The average Bonchev–Trinajstić information content (AvgIpc) is 2.87. The summed E-state index contributed by atoms with van der Waals surface area (Å²) in [6.45, 7) is 2.22. The molecule has 0 aromatic carbocycles. The second-order valence-electron chi connectivity index (χ2n) is 4.24. The highest BCUT2D eigenvalue weighted by molar-refractivity contribution is 7.80. The van der Waals surface area contributed by atoms with E-state index in [9.17, 15) is 0 Å². The standard InChI is InChI=1S/C13H18N4OS/c1-18-10-9-16(7-5-11(14)19)13-4-2-3-12-15-6-8-17(12)13/h2-4,6,8H,5,7,9-10H2,1H3,(H2,14,19). The quantitative estimate of drug-likeness (QED) is 0.777. The van der Waals surface area contributed by atoms with Gasteiger partial charge in [-0.1, -0.05) is 18.3 Å². The number of hydrogen-bond acceptors (Lipinski definition) is 4. The molecule has 19 heavy (non-hydrogen) atoms. The molecule has 2 N–H and O–H groups in total. The lowest BCUT2D eigenvalue weighted by Crippen LogP contribution is -2.32. The molecule has 2 heterocycles. The first-order chi connectivity index (χ1) is 9.22. The minimum atomic E-state index is 0.528. The van der Waals surface area contributed by atoms with Crippen LogP contribution in [0, 0.1) is 0 Å². The molecule has 0 aliphatic carbocycles. The first kappa shape index (κ1) is 13.8. The molecule has 0 fully saturated rings. The van der Waals surface area contributed by atoms with Crippen LogP contribution in [0.4, 0.5) is 5.82 Å². The number of imidazole rings is 1. The van der Waals surface area contributed by atoms with Crippen LogP contribution >= 0.6 is 12.2 Å². The van der Waals surface area contributed by atoms with Crippen molar-refractivity contribution in [1.82, 2.24) is 9.38 Å². The number of fused-ring (bicyclic) bond motifs is 1.